The van der Waals surface area contributed by atoms with Crippen LogP contribution in [0.25, 0.3) is 18.2 Å². The summed E-state index contributed by atoms with van der Waals surface area (Å²) < 4.78 is 0. The van der Waals surface area contributed by atoms with Crippen molar-refractivity contribution in [2.24, 2.45) is 0 Å². The molecule has 1 aromatic carbocycles. The van der Waals surface area contributed by atoms with Crippen molar-refractivity contribution in [2.75, 3.05) is 5.73 Å². The van der Waals surface area contributed by atoms with Gasteiger partial charge in [-0.3, -0.25) is 4.79 Å². The highest BCUT2D eigenvalue weighted by Gasteiger charge is 2.12. The molecule has 1 aromatic heterocycles. The van der Waals surface area contributed by atoms with Gasteiger partial charge in [-0.15, -0.1) is 0 Å². The van der Waals surface area contributed by atoms with Crippen LogP contribution < -0.4 is 16.2 Å². The first-order valence-corrected chi connectivity index (χ1v) is 6.45. The smallest absolute Gasteiger partial charge is 0.231 e. The van der Waals surface area contributed by atoms with Gasteiger partial charge in [-0.2, -0.15) is 4.98 Å². The Morgan fingerprint density at radius 1 is 1.21 bits per heavy atom. The van der Waals surface area contributed by atoms with Crippen molar-refractivity contribution in [3.8, 4) is 5.88 Å². The molecule has 0 atom stereocenters. The number of hydrogen-bond donors (Lipinski definition) is 2. The van der Waals surface area contributed by atoms with Gasteiger partial charge in [0.25, 0.3) is 0 Å². The Hall–Kier alpha value is -2.40. The lowest BCUT2D eigenvalue weighted by Crippen LogP contribution is -2.29. The summed E-state index contributed by atoms with van der Waals surface area (Å²) in [7, 11) is 0. The number of carbonyl (C=O) groups is 1. The van der Waals surface area contributed by atoms with Crippen molar-refractivity contribution in [1.29, 1.82) is 0 Å². The molecular formula is C14H10N2O2S. The Labute approximate surface area is 112 Å². The summed E-state index contributed by atoms with van der Waals surface area (Å²) in [6.07, 6.45) is 4.99. The Kier molecular flexibility index (Phi) is 2.68. The molecule has 0 saturated carbocycles. The molecule has 0 fully saturated rings. The minimum Gasteiger partial charge on any atom is -0.492 e. The van der Waals surface area contributed by atoms with E-state index in [0.29, 0.717) is 10.5 Å². The van der Waals surface area contributed by atoms with Crippen LogP contribution in [0.3, 0.4) is 0 Å². The zero-order valence-corrected chi connectivity index (χ0v) is 10.6. The highest BCUT2D eigenvalue weighted by Crippen LogP contribution is 2.28. The topological polar surface area (TPSA) is 76.2 Å². The van der Waals surface area contributed by atoms with Crippen LogP contribution in [-0.4, -0.2) is 15.9 Å². The number of aromatic nitrogens is 1. The SMILES string of the molecule is Nc1nc(O)c(/C=C2\C=c3ccccc3=CC2=O)s1. The number of nitrogens with two attached hydrogens (primary N) is 1. The van der Waals surface area contributed by atoms with Gasteiger partial charge in [-0.1, -0.05) is 35.6 Å². The maximum atomic E-state index is 12.0. The van der Waals surface area contributed by atoms with Gasteiger partial charge in [0.2, 0.25) is 5.88 Å². The molecular weight excluding hydrogens is 260 g/mol. The van der Waals surface area contributed by atoms with Crippen LogP contribution in [0.1, 0.15) is 4.88 Å². The summed E-state index contributed by atoms with van der Waals surface area (Å²) in [5.41, 5.74) is 6.02. The van der Waals surface area contributed by atoms with Gasteiger partial charge in [0, 0.05) is 5.57 Å². The van der Waals surface area contributed by atoms with Crippen LogP contribution in [0.5, 0.6) is 5.88 Å². The molecule has 0 saturated heterocycles. The highest BCUT2D eigenvalue weighted by molar-refractivity contribution is 7.16. The normalized spacial score (nSPS) is 15.8. The number of benzene rings is 1. The quantitative estimate of drug-likeness (QED) is 0.746. The molecule has 1 aliphatic carbocycles. The number of aromatic hydroxyl groups is 1. The third kappa shape index (κ3) is 2.15. The lowest BCUT2D eigenvalue weighted by atomic mass is 10.0. The molecule has 2 aromatic rings. The number of fused-ring (bicyclic) bond motifs is 1. The van der Waals surface area contributed by atoms with E-state index in [2.05, 4.69) is 4.98 Å². The minimum atomic E-state index is -0.143. The molecule has 5 heteroatoms. The number of thiazole rings is 1. The van der Waals surface area contributed by atoms with Gasteiger partial charge in [-0.05, 0) is 28.7 Å². The summed E-state index contributed by atoms with van der Waals surface area (Å²) in [6, 6.07) is 7.63. The first kappa shape index (κ1) is 11.7. The van der Waals surface area contributed by atoms with Crippen molar-refractivity contribution >= 4 is 40.5 Å². The van der Waals surface area contributed by atoms with E-state index >= 15 is 0 Å². The second kappa shape index (κ2) is 4.37. The van der Waals surface area contributed by atoms with E-state index in [0.717, 1.165) is 21.8 Å². The van der Waals surface area contributed by atoms with E-state index in [1.807, 2.05) is 24.3 Å². The number of rotatable bonds is 1. The fourth-order valence-electron chi connectivity index (χ4n) is 1.93. The van der Waals surface area contributed by atoms with Crippen LogP contribution in [0, 0.1) is 0 Å². The van der Waals surface area contributed by atoms with E-state index < -0.39 is 0 Å². The van der Waals surface area contributed by atoms with E-state index in [1.165, 1.54) is 0 Å². The maximum Gasteiger partial charge on any atom is 0.231 e. The molecule has 3 N–H and O–H groups in total. The molecule has 4 nitrogen and oxygen atoms in total. The number of hydrogen-bond acceptors (Lipinski definition) is 5. The van der Waals surface area contributed by atoms with E-state index in [-0.39, 0.29) is 16.8 Å². The number of anilines is 1. The average Bonchev–Trinajstić information content (AvgIpc) is 2.69. The lowest BCUT2D eigenvalue weighted by molar-refractivity contribution is -0.109. The van der Waals surface area contributed by atoms with Crippen molar-refractivity contribution in [3.05, 3.63) is 45.2 Å². The Morgan fingerprint density at radius 2 is 1.89 bits per heavy atom. The molecule has 0 radical (unpaired) electrons. The summed E-state index contributed by atoms with van der Waals surface area (Å²) >= 11 is 1.15. The summed E-state index contributed by atoms with van der Waals surface area (Å²) in [6.45, 7) is 0. The molecule has 1 aliphatic rings. The van der Waals surface area contributed by atoms with Gasteiger partial charge in [0.05, 0.1) is 4.88 Å². The summed E-state index contributed by atoms with van der Waals surface area (Å²) in [5.74, 6) is -0.236. The van der Waals surface area contributed by atoms with Crippen LogP contribution >= 0.6 is 11.3 Å². The van der Waals surface area contributed by atoms with E-state index in [4.69, 9.17) is 5.73 Å². The fraction of sp³-hybridized carbons (Fsp3) is 0. The number of ketones is 1. The third-order valence-electron chi connectivity index (χ3n) is 2.82. The number of Topliss-reactive ketones (excluding diaryl/α,β-unsaturated/α-hetero) is 1. The maximum absolute atomic E-state index is 12.0. The lowest BCUT2D eigenvalue weighted by Gasteiger charge is -2.03. The monoisotopic (exact) mass is 270 g/mol. The summed E-state index contributed by atoms with van der Waals surface area (Å²) in [5, 5.41) is 11.7. The summed E-state index contributed by atoms with van der Waals surface area (Å²) in [4.78, 5) is 16.2. The molecule has 0 aliphatic heterocycles. The number of nitrogens with zero attached hydrogens (tertiary/aromatic N) is 1. The van der Waals surface area contributed by atoms with Crippen molar-refractivity contribution in [1.82, 2.24) is 4.98 Å². The average molecular weight is 270 g/mol. The molecule has 19 heavy (non-hydrogen) atoms. The van der Waals surface area contributed by atoms with Crippen molar-refractivity contribution < 1.29 is 9.90 Å². The van der Waals surface area contributed by atoms with Crippen LogP contribution in [-0.2, 0) is 4.79 Å². The molecule has 0 amide bonds. The van der Waals surface area contributed by atoms with Crippen molar-refractivity contribution in [2.45, 2.75) is 0 Å². The minimum absolute atomic E-state index is 0.0925. The second-order valence-corrected chi connectivity index (χ2v) is 5.18. The second-order valence-electron chi connectivity index (χ2n) is 4.12. The van der Waals surface area contributed by atoms with Gasteiger partial charge < -0.3 is 10.8 Å². The van der Waals surface area contributed by atoms with E-state index in [1.54, 1.807) is 18.2 Å². The Morgan fingerprint density at radius 3 is 2.53 bits per heavy atom. The molecule has 94 valence electrons. The van der Waals surface area contributed by atoms with Gasteiger partial charge in [-0.25, -0.2) is 0 Å². The van der Waals surface area contributed by atoms with Crippen LogP contribution in [0.2, 0.25) is 0 Å². The molecule has 0 spiro atoms. The number of allylic oxidation sites excluding steroid dienone is 1. The molecule has 0 unspecified atom stereocenters. The van der Waals surface area contributed by atoms with Gasteiger partial charge in [0.15, 0.2) is 10.9 Å². The predicted octanol–water partition coefficient (Wildman–Crippen LogP) is 0.658. The molecule has 1 heterocycles. The number of nitrogen functional groups attached to an aromatic ring is 1. The predicted molar refractivity (Wildman–Crippen MR) is 75.8 cm³/mol. The molecule has 3 rings (SSSR count). The van der Waals surface area contributed by atoms with Crippen LogP contribution in [0.15, 0.2) is 29.8 Å². The third-order valence-corrected chi connectivity index (χ3v) is 3.64. The number of carbonyl (C=O) groups excluding carboxylic acids is 1. The molecule has 0 bridgehead atoms. The Balaban J connectivity index is 2.15. The van der Waals surface area contributed by atoms with Crippen LogP contribution in [0.4, 0.5) is 5.13 Å². The van der Waals surface area contributed by atoms with Gasteiger partial charge in [0.1, 0.15) is 0 Å². The van der Waals surface area contributed by atoms with Gasteiger partial charge >= 0.3 is 0 Å². The van der Waals surface area contributed by atoms with E-state index in [9.17, 15) is 9.90 Å². The zero-order chi connectivity index (χ0) is 13.4. The standard InChI is InChI=1S/C14H10N2O2S/c15-14-16-13(18)12(19-14)7-10-5-8-3-1-2-4-9(8)6-11(10)17/h1-7,18H,(H2,15,16)/b10-7+. The first-order valence-electron chi connectivity index (χ1n) is 5.63. The zero-order valence-electron chi connectivity index (χ0n) is 9.83. The van der Waals surface area contributed by atoms with Crippen molar-refractivity contribution in [3.63, 3.8) is 0 Å². The Bertz CT molecular complexity index is 818. The first-order chi connectivity index (χ1) is 9.13. The highest BCUT2D eigenvalue weighted by atomic mass is 32.1. The fourth-order valence-corrected chi connectivity index (χ4v) is 2.61. The largest absolute Gasteiger partial charge is 0.492 e.